The number of hydrogen-bond donors (Lipinski definition) is 1. The van der Waals surface area contributed by atoms with Gasteiger partial charge in [-0.25, -0.2) is 8.42 Å². The summed E-state index contributed by atoms with van der Waals surface area (Å²) in [6, 6.07) is 5.17. The van der Waals surface area contributed by atoms with E-state index in [9.17, 15) is 8.42 Å². The summed E-state index contributed by atoms with van der Waals surface area (Å²) in [6.07, 6.45) is 2.53. The second-order valence-electron chi connectivity index (χ2n) is 3.64. The molecule has 0 bridgehead atoms. The van der Waals surface area contributed by atoms with Crippen LogP contribution >= 0.6 is 0 Å². The van der Waals surface area contributed by atoms with Gasteiger partial charge < -0.3 is 5.73 Å². The first-order valence-corrected chi connectivity index (χ1v) is 6.36. The Labute approximate surface area is 83.9 Å². The van der Waals surface area contributed by atoms with E-state index in [1.165, 1.54) is 0 Å². The highest BCUT2D eigenvalue weighted by Gasteiger charge is 2.21. The molecule has 0 radical (unpaired) electrons. The van der Waals surface area contributed by atoms with E-state index in [4.69, 9.17) is 5.73 Å². The largest absolute Gasteiger partial charge is 0.399 e. The fraction of sp³-hybridized carbons (Fsp3) is 0.400. The van der Waals surface area contributed by atoms with Crippen LogP contribution in [0.5, 0.6) is 0 Å². The molecule has 4 heteroatoms. The van der Waals surface area contributed by atoms with Crippen LogP contribution in [0.2, 0.25) is 0 Å². The lowest BCUT2D eigenvalue weighted by atomic mass is 10.1. The van der Waals surface area contributed by atoms with Crippen LogP contribution in [-0.2, 0) is 16.3 Å². The van der Waals surface area contributed by atoms with E-state index in [1.54, 1.807) is 12.1 Å². The summed E-state index contributed by atoms with van der Waals surface area (Å²) in [6.45, 7) is 0. The zero-order chi connectivity index (χ0) is 10.2. The number of aryl methyl sites for hydroxylation is 1. The minimum absolute atomic E-state index is 0.253. The van der Waals surface area contributed by atoms with Crippen molar-refractivity contribution in [2.45, 2.75) is 24.2 Å². The number of fused-ring (bicyclic) bond motifs is 1. The van der Waals surface area contributed by atoms with Crippen LogP contribution in [0, 0.1) is 0 Å². The topological polar surface area (TPSA) is 60.2 Å². The molecular weight excluding hydrogens is 198 g/mol. The Morgan fingerprint density at radius 3 is 2.79 bits per heavy atom. The van der Waals surface area contributed by atoms with Crippen molar-refractivity contribution in [1.29, 1.82) is 0 Å². The average molecular weight is 211 g/mol. The number of sulfone groups is 1. The van der Waals surface area contributed by atoms with Crippen LogP contribution in [0.4, 0.5) is 5.69 Å². The molecule has 0 atom stereocenters. The smallest absolute Gasteiger partial charge is 0.178 e. The summed E-state index contributed by atoms with van der Waals surface area (Å²) >= 11 is 0. The SMILES string of the molecule is Nc1ccc2c(c1)S(=O)(=O)CCCC2. The predicted molar refractivity (Wildman–Crippen MR) is 55.8 cm³/mol. The van der Waals surface area contributed by atoms with Gasteiger partial charge in [-0.2, -0.15) is 0 Å². The van der Waals surface area contributed by atoms with Gasteiger partial charge in [0.25, 0.3) is 0 Å². The van der Waals surface area contributed by atoms with Crippen LogP contribution in [-0.4, -0.2) is 14.2 Å². The normalized spacial score (nSPS) is 19.7. The standard InChI is InChI=1S/C10H13NO2S/c11-9-5-4-8-3-1-2-6-14(12,13)10(8)7-9/h4-5,7H,1-3,6,11H2. The lowest BCUT2D eigenvalue weighted by Crippen LogP contribution is -2.06. The Morgan fingerprint density at radius 1 is 1.21 bits per heavy atom. The molecule has 1 heterocycles. The lowest BCUT2D eigenvalue weighted by Gasteiger charge is -2.06. The van der Waals surface area contributed by atoms with Gasteiger partial charge in [-0.3, -0.25) is 0 Å². The maximum absolute atomic E-state index is 11.8. The highest BCUT2D eigenvalue weighted by Crippen LogP contribution is 2.25. The van der Waals surface area contributed by atoms with Crippen LogP contribution < -0.4 is 5.73 Å². The molecule has 1 aromatic rings. The quantitative estimate of drug-likeness (QED) is 0.659. The summed E-state index contributed by atoms with van der Waals surface area (Å²) in [5.74, 6) is 0.253. The van der Waals surface area contributed by atoms with Crippen molar-refractivity contribution < 1.29 is 8.42 Å². The van der Waals surface area contributed by atoms with Crippen molar-refractivity contribution in [3.05, 3.63) is 23.8 Å². The number of hydrogen-bond acceptors (Lipinski definition) is 3. The first-order valence-electron chi connectivity index (χ1n) is 4.71. The van der Waals surface area contributed by atoms with Gasteiger partial charge in [-0.15, -0.1) is 0 Å². The maximum Gasteiger partial charge on any atom is 0.178 e. The first-order chi connectivity index (χ1) is 6.59. The Balaban J connectivity index is 2.64. The fourth-order valence-electron chi connectivity index (χ4n) is 1.78. The average Bonchev–Trinajstić information content (AvgIpc) is 2.26. The monoisotopic (exact) mass is 211 g/mol. The molecule has 0 aliphatic carbocycles. The molecule has 76 valence electrons. The van der Waals surface area contributed by atoms with E-state index in [2.05, 4.69) is 0 Å². The molecule has 1 aliphatic heterocycles. The van der Waals surface area contributed by atoms with E-state index >= 15 is 0 Å². The molecule has 0 unspecified atom stereocenters. The van der Waals surface area contributed by atoms with Crippen LogP contribution in [0.1, 0.15) is 18.4 Å². The Hall–Kier alpha value is -1.03. The number of benzene rings is 1. The number of anilines is 1. The third-order valence-corrected chi connectivity index (χ3v) is 4.41. The molecular formula is C10H13NO2S. The second kappa shape index (κ2) is 3.28. The molecule has 2 N–H and O–H groups in total. The van der Waals surface area contributed by atoms with E-state index in [-0.39, 0.29) is 5.75 Å². The van der Waals surface area contributed by atoms with Crippen LogP contribution in [0.3, 0.4) is 0 Å². The van der Waals surface area contributed by atoms with Crippen molar-refractivity contribution in [2.24, 2.45) is 0 Å². The minimum atomic E-state index is -3.08. The van der Waals surface area contributed by atoms with Gasteiger partial charge in [-0.1, -0.05) is 6.07 Å². The third kappa shape index (κ3) is 1.62. The zero-order valence-electron chi connectivity index (χ0n) is 7.86. The van der Waals surface area contributed by atoms with Crippen molar-refractivity contribution in [2.75, 3.05) is 11.5 Å². The molecule has 0 amide bonds. The minimum Gasteiger partial charge on any atom is -0.399 e. The summed E-state index contributed by atoms with van der Waals surface area (Å²) in [5, 5.41) is 0. The molecule has 0 saturated carbocycles. The van der Waals surface area contributed by atoms with Gasteiger partial charge in [-0.05, 0) is 37.0 Å². The van der Waals surface area contributed by atoms with Crippen molar-refractivity contribution in [1.82, 2.24) is 0 Å². The van der Waals surface area contributed by atoms with E-state index in [1.807, 2.05) is 6.07 Å². The molecule has 2 rings (SSSR count). The van der Waals surface area contributed by atoms with Gasteiger partial charge in [0, 0.05) is 5.69 Å². The molecule has 1 aliphatic rings. The van der Waals surface area contributed by atoms with Gasteiger partial charge in [0.05, 0.1) is 10.6 Å². The molecule has 0 fully saturated rings. The number of rotatable bonds is 0. The summed E-state index contributed by atoms with van der Waals surface area (Å²) in [4.78, 5) is 0.440. The van der Waals surface area contributed by atoms with Crippen molar-refractivity contribution in [3.63, 3.8) is 0 Å². The molecule has 0 saturated heterocycles. The highest BCUT2D eigenvalue weighted by atomic mass is 32.2. The highest BCUT2D eigenvalue weighted by molar-refractivity contribution is 7.91. The molecule has 14 heavy (non-hydrogen) atoms. The van der Waals surface area contributed by atoms with E-state index < -0.39 is 9.84 Å². The van der Waals surface area contributed by atoms with Crippen LogP contribution in [0.25, 0.3) is 0 Å². The molecule has 0 spiro atoms. The van der Waals surface area contributed by atoms with Crippen molar-refractivity contribution >= 4 is 15.5 Å². The van der Waals surface area contributed by atoms with Crippen molar-refractivity contribution in [3.8, 4) is 0 Å². The Bertz CT molecular complexity index is 451. The second-order valence-corrected chi connectivity index (χ2v) is 5.72. The van der Waals surface area contributed by atoms with Gasteiger partial charge in [0.2, 0.25) is 0 Å². The number of nitrogens with two attached hydrogens (primary N) is 1. The number of nitrogen functional groups attached to an aromatic ring is 1. The zero-order valence-corrected chi connectivity index (χ0v) is 8.68. The maximum atomic E-state index is 11.8. The van der Waals surface area contributed by atoms with E-state index in [0.717, 1.165) is 24.8 Å². The Kier molecular flexibility index (Phi) is 2.23. The molecule has 0 aromatic heterocycles. The summed E-state index contributed by atoms with van der Waals surface area (Å²) < 4.78 is 23.6. The lowest BCUT2D eigenvalue weighted by molar-refractivity contribution is 0.595. The van der Waals surface area contributed by atoms with E-state index in [0.29, 0.717) is 10.6 Å². The predicted octanol–water partition coefficient (Wildman–Crippen LogP) is 1.38. The third-order valence-electron chi connectivity index (χ3n) is 2.54. The van der Waals surface area contributed by atoms with Gasteiger partial charge in [0.1, 0.15) is 0 Å². The molecule has 3 nitrogen and oxygen atoms in total. The first kappa shape index (κ1) is 9.52. The summed E-state index contributed by atoms with van der Waals surface area (Å²) in [5.41, 5.74) is 7.03. The van der Waals surface area contributed by atoms with Crippen LogP contribution in [0.15, 0.2) is 23.1 Å². The van der Waals surface area contributed by atoms with Gasteiger partial charge >= 0.3 is 0 Å². The van der Waals surface area contributed by atoms with Gasteiger partial charge in [0.15, 0.2) is 9.84 Å². The molecule has 1 aromatic carbocycles. The summed E-state index contributed by atoms with van der Waals surface area (Å²) in [7, 11) is -3.08. The Morgan fingerprint density at radius 2 is 2.00 bits per heavy atom. The fourth-order valence-corrected chi connectivity index (χ4v) is 3.47.